The largest absolute Gasteiger partial charge is 0.466 e. The van der Waals surface area contributed by atoms with Gasteiger partial charge in [-0.25, -0.2) is 0 Å². The smallest absolute Gasteiger partial charge is 0.305 e. The maximum Gasteiger partial charge on any atom is 0.305 e. The molecule has 6 heteroatoms. The van der Waals surface area contributed by atoms with Crippen molar-refractivity contribution in [3.05, 3.63) is 36.5 Å². The summed E-state index contributed by atoms with van der Waals surface area (Å²) < 4.78 is 5.47. The van der Waals surface area contributed by atoms with Gasteiger partial charge in [-0.2, -0.15) is 0 Å². The Labute approximate surface area is 385 Å². The van der Waals surface area contributed by atoms with Crippen molar-refractivity contribution in [1.29, 1.82) is 0 Å². The highest BCUT2D eigenvalue weighted by atomic mass is 16.5. The van der Waals surface area contributed by atoms with Gasteiger partial charge < -0.3 is 20.3 Å². The summed E-state index contributed by atoms with van der Waals surface area (Å²) in [7, 11) is 0. The van der Waals surface area contributed by atoms with E-state index in [1.165, 1.54) is 186 Å². The van der Waals surface area contributed by atoms with Crippen molar-refractivity contribution in [2.45, 2.75) is 296 Å². The molecule has 2 atom stereocenters. The number of allylic oxidation sites excluding steroid dienone is 5. The molecule has 0 saturated heterocycles. The third kappa shape index (κ3) is 47.6. The van der Waals surface area contributed by atoms with Gasteiger partial charge in [-0.1, -0.05) is 224 Å². The average molecular weight is 872 g/mol. The number of aliphatic hydroxyl groups is 2. The van der Waals surface area contributed by atoms with Gasteiger partial charge >= 0.3 is 5.97 Å². The van der Waals surface area contributed by atoms with Crippen LogP contribution in [0.25, 0.3) is 0 Å². The Bertz CT molecular complexity index is 1010. The van der Waals surface area contributed by atoms with Gasteiger partial charge in [0, 0.05) is 12.8 Å². The zero-order chi connectivity index (χ0) is 45.1. The molecular weight excluding hydrogens is 767 g/mol. The van der Waals surface area contributed by atoms with Crippen LogP contribution in [0.3, 0.4) is 0 Å². The van der Waals surface area contributed by atoms with Gasteiger partial charge in [-0.15, -0.1) is 0 Å². The number of aliphatic hydroxyl groups excluding tert-OH is 2. The number of nitrogens with one attached hydrogen (secondary N) is 1. The van der Waals surface area contributed by atoms with Crippen LogP contribution in [0.15, 0.2) is 36.5 Å². The molecule has 0 saturated carbocycles. The number of ether oxygens (including phenoxy) is 1. The van der Waals surface area contributed by atoms with E-state index in [-0.39, 0.29) is 18.5 Å². The van der Waals surface area contributed by atoms with Gasteiger partial charge in [0.1, 0.15) is 0 Å². The molecule has 0 aliphatic rings. The van der Waals surface area contributed by atoms with Crippen LogP contribution in [0.1, 0.15) is 284 Å². The lowest BCUT2D eigenvalue weighted by atomic mass is 10.0. The van der Waals surface area contributed by atoms with E-state index in [1.807, 2.05) is 6.08 Å². The van der Waals surface area contributed by atoms with E-state index >= 15 is 0 Å². The summed E-state index contributed by atoms with van der Waals surface area (Å²) in [6.45, 7) is 4.85. The molecule has 0 fully saturated rings. The van der Waals surface area contributed by atoms with Crippen molar-refractivity contribution >= 4 is 11.9 Å². The number of rotatable bonds is 50. The Hall–Kier alpha value is -1.92. The molecule has 0 spiro atoms. The Kier molecular flexibility index (Phi) is 50.1. The molecule has 0 aromatic carbocycles. The Morgan fingerprint density at radius 2 is 0.758 bits per heavy atom. The summed E-state index contributed by atoms with van der Waals surface area (Å²) in [6, 6.07) is -0.648. The number of esters is 1. The minimum absolute atomic E-state index is 0.0174. The highest BCUT2D eigenvalue weighted by Crippen LogP contribution is 2.15. The molecule has 0 heterocycles. The van der Waals surface area contributed by atoms with Crippen molar-refractivity contribution in [3.63, 3.8) is 0 Å². The van der Waals surface area contributed by atoms with Gasteiger partial charge in [0.25, 0.3) is 0 Å². The highest BCUT2D eigenvalue weighted by Gasteiger charge is 2.18. The molecule has 3 N–H and O–H groups in total. The van der Waals surface area contributed by atoms with E-state index in [2.05, 4.69) is 43.5 Å². The molecule has 364 valence electrons. The van der Waals surface area contributed by atoms with Crippen LogP contribution in [0.2, 0.25) is 0 Å². The zero-order valence-corrected chi connectivity index (χ0v) is 41.4. The lowest BCUT2D eigenvalue weighted by molar-refractivity contribution is -0.143. The summed E-state index contributed by atoms with van der Waals surface area (Å²) in [5.74, 6) is -0.116. The number of hydrogen-bond donors (Lipinski definition) is 3. The Morgan fingerprint density at radius 1 is 0.435 bits per heavy atom. The summed E-state index contributed by atoms with van der Waals surface area (Å²) in [5, 5.41) is 23.0. The molecule has 0 aliphatic heterocycles. The predicted molar refractivity (Wildman–Crippen MR) is 269 cm³/mol. The van der Waals surface area contributed by atoms with Crippen LogP contribution in [-0.2, 0) is 14.3 Å². The molecule has 0 radical (unpaired) electrons. The Morgan fingerprint density at radius 3 is 1.16 bits per heavy atom. The summed E-state index contributed by atoms with van der Waals surface area (Å²) in [4.78, 5) is 24.5. The second-order valence-electron chi connectivity index (χ2n) is 18.5. The normalized spacial score (nSPS) is 12.9. The van der Waals surface area contributed by atoms with E-state index < -0.39 is 12.1 Å². The predicted octanol–water partition coefficient (Wildman–Crippen LogP) is 16.5. The minimum atomic E-state index is -0.861. The lowest BCUT2D eigenvalue weighted by Gasteiger charge is -2.19. The van der Waals surface area contributed by atoms with Crippen LogP contribution < -0.4 is 5.32 Å². The van der Waals surface area contributed by atoms with E-state index in [9.17, 15) is 19.8 Å². The summed E-state index contributed by atoms with van der Waals surface area (Å²) in [5.41, 5.74) is 0. The van der Waals surface area contributed by atoms with Crippen molar-refractivity contribution in [1.82, 2.24) is 5.32 Å². The third-order valence-electron chi connectivity index (χ3n) is 12.4. The van der Waals surface area contributed by atoms with E-state index in [0.29, 0.717) is 19.4 Å². The highest BCUT2D eigenvalue weighted by molar-refractivity contribution is 5.76. The van der Waals surface area contributed by atoms with Gasteiger partial charge in [0.15, 0.2) is 0 Å². The summed E-state index contributed by atoms with van der Waals surface area (Å²) in [6.07, 6.45) is 62.9. The fraction of sp³-hybridized carbons (Fsp3) is 0.857. The molecule has 0 aromatic rings. The summed E-state index contributed by atoms with van der Waals surface area (Å²) >= 11 is 0. The van der Waals surface area contributed by atoms with Crippen LogP contribution in [0, 0.1) is 0 Å². The quantitative estimate of drug-likeness (QED) is 0.0321. The van der Waals surface area contributed by atoms with Crippen LogP contribution in [-0.4, -0.2) is 47.4 Å². The van der Waals surface area contributed by atoms with Crippen molar-refractivity contribution < 1.29 is 24.5 Å². The fourth-order valence-corrected chi connectivity index (χ4v) is 8.15. The second-order valence-corrected chi connectivity index (χ2v) is 18.5. The molecule has 0 rings (SSSR count). The number of carbonyl (C=O) groups is 2. The Balaban J connectivity index is 3.51. The van der Waals surface area contributed by atoms with Crippen LogP contribution >= 0.6 is 0 Å². The van der Waals surface area contributed by atoms with Crippen molar-refractivity contribution in [2.24, 2.45) is 0 Å². The molecule has 6 nitrogen and oxygen atoms in total. The third-order valence-corrected chi connectivity index (χ3v) is 12.4. The van der Waals surface area contributed by atoms with Gasteiger partial charge in [0.05, 0.1) is 25.4 Å². The minimum Gasteiger partial charge on any atom is -0.466 e. The molecule has 62 heavy (non-hydrogen) atoms. The van der Waals surface area contributed by atoms with Gasteiger partial charge in [-0.05, 0) is 83.5 Å². The second kappa shape index (κ2) is 51.7. The number of amides is 1. The molecule has 1 amide bonds. The SMILES string of the molecule is CCCCCCCCC/C=C\CCCCCCCCCC(=O)OCCCCCCCC/C=C\CCCCCC(=O)NC(CO)C(O)/C=C/CCCCCCCCCCCCCC. The number of carbonyl (C=O) groups excluding carboxylic acids is 2. The number of hydrogen-bond acceptors (Lipinski definition) is 5. The van der Waals surface area contributed by atoms with Crippen LogP contribution in [0.5, 0.6) is 0 Å². The fourth-order valence-electron chi connectivity index (χ4n) is 8.15. The van der Waals surface area contributed by atoms with E-state index in [1.54, 1.807) is 6.08 Å². The molecule has 2 unspecified atom stereocenters. The first-order valence-electron chi connectivity index (χ1n) is 27.3. The van der Waals surface area contributed by atoms with Crippen LogP contribution in [0.4, 0.5) is 0 Å². The molecule has 0 bridgehead atoms. The average Bonchev–Trinajstić information content (AvgIpc) is 3.27. The number of unbranched alkanes of at least 4 members (excludes halogenated alkanes) is 35. The van der Waals surface area contributed by atoms with Crippen molar-refractivity contribution in [2.75, 3.05) is 13.2 Å². The maximum atomic E-state index is 12.4. The van der Waals surface area contributed by atoms with Gasteiger partial charge in [0.2, 0.25) is 5.91 Å². The molecule has 0 aliphatic carbocycles. The zero-order valence-electron chi connectivity index (χ0n) is 41.4. The van der Waals surface area contributed by atoms with E-state index in [4.69, 9.17) is 4.74 Å². The topological polar surface area (TPSA) is 95.9 Å². The van der Waals surface area contributed by atoms with E-state index in [0.717, 1.165) is 70.6 Å². The first-order chi connectivity index (χ1) is 30.5. The standard InChI is InChI=1S/C56H105NO5/c1-3-5-7-9-11-13-15-17-19-20-21-22-26-30-34-38-42-46-50-56(61)62-51-47-43-39-35-31-27-23-25-29-33-37-41-45-49-55(60)57-53(52-58)54(59)48-44-40-36-32-28-24-18-16-14-12-10-8-6-4-2/h19-20,25,29,44,48,53-54,58-59H,3-18,21-24,26-28,30-43,45-47,49-52H2,1-2H3,(H,57,60)/b20-19-,29-25-,48-44+. The molecule has 0 aromatic heterocycles. The molecular formula is C56H105NO5. The maximum absolute atomic E-state index is 12.4. The van der Waals surface area contributed by atoms with Crippen molar-refractivity contribution in [3.8, 4) is 0 Å². The first kappa shape index (κ1) is 60.1. The lowest BCUT2D eigenvalue weighted by Crippen LogP contribution is -2.45. The first-order valence-corrected chi connectivity index (χ1v) is 27.3. The monoisotopic (exact) mass is 872 g/mol. The van der Waals surface area contributed by atoms with Gasteiger partial charge in [-0.3, -0.25) is 9.59 Å².